The molecule has 0 fully saturated rings. The number of hydrogen-bond acceptors (Lipinski definition) is 2. The number of benzene rings is 1. The zero-order chi connectivity index (χ0) is 13.8. The lowest BCUT2D eigenvalue weighted by Crippen LogP contribution is -2.06. The highest BCUT2D eigenvalue weighted by Gasteiger charge is 2.13. The SMILES string of the molecule is CCc1cnccc1C(O)Cc1cc(C)ccc1C. The first-order chi connectivity index (χ1) is 9.11. The molecule has 1 atom stereocenters. The Labute approximate surface area is 115 Å². The van der Waals surface area contributed by atoms with Crippen molar-refractivity contribution in [1.82, 2.24) is 4.98 Å². The van der Waals surface area contributed by atoms with Crippen molar-refractivity contribution in [3.8, 4) is 0 Å². The summed E-state index contributed by atoms with van der Waals surface area (Å²) >= 11 is 0. The average molecular weight is 255 g/mol. The van der Waals surface area contributed by atoms with Gasteiger partial charge in [0.2, 0.25) is 0 Å². The van der Waals surface area contributed by atoms with Crippen molar-refractivity contribution >= 4 is 0 Å². The van der Waals surface area contributed by atoms with Crippen LogP contribution in [0.2, 0.25) is 0 Å². The molecule has 0 saturated carbocycles. The number of pyridine rings is 1. The van der Waals surface area contributed by atoms with Crippen LogP contribution in [0, 0.1) is 13.8 Å². The Balaban J connectivity index is 2.25. The number of nitrogens with zero attached hydrogens (tertiary/aromatic N) is 1. The molecule has 0 aliphatic heterocycles. The molecule has 1 unspecified atom stereocenters. The molecule has 2 nitrogen and oxygen atoms in total. The predicted molar refractivity (Wildman–Crippen MR) is 78.2 cm³/mol. The van der Waals surface area contributed by atoms with Gasteiger partial charge in [-0.05, 0) is 48.6 Å². The molecule has 0 aliphatic rings. The predicted octanol–water partition coefficient (Wildman–Crippen LogP) is 3.54. The lowest BCUT2D eigenvalue weighted by molar-refractivity contribution is 0.177. The van der Waals surface area contributed by atoms with Gasteiger partial charge in [0.1, 0.15) is 0 Å². The maximum absolute atomic E-state index is 10.5. The summed E-state index contributed by atoms with van der Waals surface area (Å²) in [4.78, 5) is 4.13. The number of aromatic nitrogens is 1. The van der Waals surface area contributed by atoms with Gasteiger partial charge in [0, 0.05) is 18.8 Å². The highest BCUT2D eigenvalue weighted by atomic mass is 16.3. The standard InChI is InChI=1S/C17H21NO/c1-4-14-11-18-8-7-16(14)17(19)10-15-9-12(2)5-6-13(15)3/h5-9,11,17,19H,4,10H2,1-3H3. The monoisotopic (exact) mass is 255 g/mol. The molecule has 0 saturated heterocycles. The third-order valence-electron chi connectivity index (χ3n) is 3.60. The largest absolute Gasteiger partial charge is 0.388 e. The van der Waals surface area contributed by atoms with Crippen LogP contribution in [-0.4, -0.2) is 10.1 Å². The van der Waals surface area contributed by atoms with Gasteiger partial charge >= 0.3 is 0 Å². The van der Waals surface area contributed by atoms with Crippen molar-refractivity contribution < 1.29 is 5.11 Å². The van der Waals surface area contributed by atoms with Gasteiger partial charge in [0.15, 0.2) is 0 Å². The minimum absolute atomic E-state index is 0.460. The molecule has 100 valence electrons. The number of aryl methyl sites for hydroxylation is 3. The summed E-state index contributed by atoms with van der Waals surface area (Å²) < 4.78 is 0. The molecule has 1 heterocycles. The minimum Gasteiger partial charge on any atom is -0.388 e. The van der Waals surface area contributed by atoms with E-state index in [-0.39, 0.29) is 0 Å². The molecule has 2 rings (SSSR count). The van der Waals surface area contributed by atoms with Crippen LogP contribution in [0.5, 0.6) is 0 Å². The summed E-state index contributed by atoms with van der Waals surface area (Å²) in [5, 5.41) is 10.5. The van der Waals surface area contributed by atoms with Gasteiger partial charge in [-0.25, -0.2) is 0 Å². The van der Waals surface area contributed by atoms with E-state index < -0.39 is 6.10 Å². The van der Waals surface area contributed by atoms with E-state index >= 15 is 0 Å². The molecule has 0 aliphatic carbocycles. The van der Waals surface area contributed by atoms with E-state index in [0.717, 1.165) is 17.5 Å². The van der Waals surface area contributed by atoms with Gasteiger partial charge in [-0.2, -0.15) is 0 Å². The molecule has 1 N–H and O–H groups in total. The number of hydrogen-bond donors (Lipinski definition) is 1. The van der Waals surface area contributed by atoms with Crippen molar-refractivity contribution in [3.05, 3.63) is 64.5 Å². The minimum atomic E-state index is -0.460. The van der Waals surface area contributed by atoms with Crippen molar-refractivity contribution in [3.63, 3.8) is 0 Å². The van der Waals surface area contributed by atoms with Crippen LogP contribution in [-0.2, 0) is 12.8 Å². The molecular formula is C17H21NO. The Hall–Kier alpha value is -1.67. The van der Waals surface area contributed by atoms with Crippen molar-refractivity contribution in [1.29, 1.82) is 0 Å². The lowest BCUT2D eigenvalue weighted by atomic mass is 9.94. The molecule has 0 amide bonds. The molecule has 0 radical (unpaired) electrons. The number of aliphatic hydroxyl groups excluding tert-OH is 1. The summed E-state index contributed by atoms with van der Waals surface area (Å²) in [6.07, 6.45) is 4.69. The first kappa shape index (κ1) is 13.8. The zero-order valence-corrected chi connectivity index (χ0v) is 11.9. The van der Waals surface area contributed by atoms with Crippen molar-refractivity contribution in [2.45, 2.75) is 39.7 Å². The van der Waals surface area contributed by atoms with Crippen LogP contribution in [0.4, 0.5) is 0 Å². The van der Waals surface area contributed by atoms with E-state index in [0.29, 0.717) is 6.42 Å². The smallest absolute Gasteiger partial charge is 0.0834 e. The van der Waals surface area contributed by atoms with E-state index in [1.54, 1.807) is 6.20 Å². The lowest BCUT2D eigenvalue weighted by Gasteiger charge is -2.16. The zero-order valence-electron chi connectivity index (χ0n) is 11.9. The van der Waals surface area contributed by atoms with E-state index in [1.807, 2.05) is 12.3 Å². The summed E-state index contributed by atoms with van der Waals surface area (Å²) in [5.41, 5.74) is 5.81. The Morgan fingerprint density at radius 1 is 1.16 bits per heavy atom. The molecule has 0 bridgehead atoms. The molecule has 1 aromatic heterocycles. The quantitative estimate of drug-likeness (QED) is 0.906. The van der Waals surface area contributed by atoms with E-state index in [1.165, 1.54) is 16.7 Å². The van der Waals surface area contributed by atoms with Crippen LogP contribution in [0.15, 0.2) is 36.7 Å². The third-order valence-corrected chi connectivity index (χ3v) is 3.60. The van der Waals surface area contributed by atoms with Gasteiger partial charge in [-0.15, -0.1) is 0 Å². The van der Waals surface area contributed by atoms with Gasteiger partial charge < -0.3 is 5.11 Å². The topological polar surface area (TPSA) is 33.1 Å². The van der Waals surface area contributed by atoms with Crippen molar-refractivity contribution in [2.24, 2.45) is 0 Å². The molecule has 2 heteroatoms. The number of aliphatic hydroxyl groups is 1. The number of rotatable bonds is 4. The second-order valence-corrected chi connectivity index (χ2v) is 5.08. The van der Waals surface area contributed by atoms with Crippen LogP contribution < -0.4 is 0 Å². The first-order valence-electron chi connectivity index (χ1n) is 6.78. The fourth-order valence-corrected chi connectivity index (χ4v) is 2.40. The maximum Gasteiger partial charge on any atom is 0.0834 e. The van der Waals surface area contributed by atoms with Crippen LogP contribution in [0.1, 0.15) is 40.8 Å². The van der Waals surface area contributed by atoms with Crippen LogP contribution >= 0.6 is 0 Å². The first-order valence-corrected chi connectivity index (χ1v) is 6.78. The molecule has 19 heavy (non-hydrogen) atoms. The highest BCUT2D eigenvalue weighted by molar-refractivity contribution is 5.33. The van der Waals surface area contributed by atoms with E-state index in [9.17, 15) is 5.11 Å². The fourth-order valence-electron chi connectivity index (χ4n) is 2.40. The van der Waals surface area contributed by atoms with Crippen molar-refractivity contribution in [2.75, 3.05) is 0 Å². The molecule has 1 aromatic carbocycles. The fraction of sp³-hybridized carbons (Fsp3) is 0.353. The van der Waals surface area contributed by atoms with Crippen LogP contribution in [0.3, 0.4) is 0 Å². The Morgan fingerprint density at radius 3 is 2.68 bits per heavy atom. The van der Waals surface area contributed by atoms with Crippen LogP contribution in [0.25, 0.3) is 0 Å². The summed E-state index contributed by atoms with van der Waals surface area (Å²) in [6, 6.07) is 8.31. The van der Waals surface area contributed by atoms with E-state index in [2.05, 4.69) is 44.0 Å². The Morgan fingerprint density at radius 2 is 1.95 bits per heavy atom. The summed E-state index contributed by atoms with van der Waals surface area (Å²) in [7, 11) is 0. The maximum atomic E-state index is 10.5. The third kappa shape index (κ3) is 3.21. The Kier molecular flexibility index (Phi) is 4.33. The van der Waals surface area contributed by atoms with Gasteiger partial charge in [-0.3, -0.25) is 4.98 Å². The van der Waals surface area contributed by atoms with Gasteiger partial charge in [0.25, 0.3) is 0 Å². The average Bonchev–Trinajstić information content (AvgIpc) is 2.42. The second kappa shape index (κ2) is 5.98. The summed E-state index contributed by atoms with van der Waals surface area (Å²) in [6.45, 7) is 6.26. The van der Waals surface area contributed by atoms with E-state index in [4.69, 9.17) is 0 Å². The molecular weight excluding hydrogens is 234 g/mol. The molecule has 0 spiro atoms. The second-order valence-electron chi connectivity index (χ2n) is 5.08. The van der Waals surface area contributed by atoms with Gasteiger partial charge in [-0.1, -0.05) is 30.7 Å². The molecule has 2 aromatic rings. The van der Waals surface area contributed by atoms with Gasteiger partial charge in [0.05, 0.1) is 6.10 Å². The Bertz CT molecular complexity index is 563. The highest BCUT2D eigenvalue weighted by Crippen LogP contribution is 2.23. The summed E-state index contributed by atoms with van der Waals surface area (Å²) in [5.74, 6) is 0. The normalized spacial score (nSPS) is 12.4.